The number of rotatable bonds is 0. The van der Waals surface area contributed by atoms with Crippen molar-refractivity contribution in [1.29, 1.82) is 0 Å². The van der Waals surface area contributed by atoms with Gasteiger partial charge >= 0.3 is 0 Å². The van der Waals surface area contributed by atoms with E-state index in [-0.39, 0.29) is 11.7 Å². The molecule has 3 aliphatic rings. The molecule has 2 fully saturated rings. The molecule has 1 saturated heterocycles. The largest absolute Gasteiger partial charge is 0.358 e. The van der Waals surface area contributed by atoms with Crippen molar-refractivity contribution in [2.45, 2.75) is 49.2 Å². The Morgan fingerprint density at radius 3 is 2.93 bits per heavy atom. The summed E-state index contributed by atoms with van der Waals surface area (Å²) < 4.78 is 6.05. The molecule has 4 unspecified atom stereocenters. The van der Waals surface area contributed by atoms with Crippen LogP contribution in [-0.4, -0.2) is 21.9 Å². The molecule has 0 spiro atoms. The van der Waals surface area contributed by atoms with Crippen LogP contribution in [0.15, 0.2) is 12.2 Å². The molecule has 4 bridgehead atoms. The van der Waals surface area contributed by atoms with E-state index in [0.29, 0.717) is 0 Å². The van der Waals surface area contributed by atoms with E-state index in [1.54, 1.807) is 0 Å². The summed E-state index contributed by atoms with van der Waals surface area (Å²) in [5.74, 6) is 0.146. The Morgan fingerprint density at radius 2 is 2.20 bits per heavy atom. The molecular weight excluding hydrogens is 212 g/mol. The fourth-order valence-corrected chi connectivity index (χ4v) is 3.74. The number of alkyl halides is 1. The summed E-state index contributed by atoms with van der Waals surface area (Å²) in [4.78, 5) is 11.5. The molecule has 4 atom stereocenters. The number of Topliss-reactive ketones (excluding diaryl/α,β-unsaturated/α-hetero) is 1. The van der Waals surface area contributed by atoms with Crippen LogP contribution < -0.4 is 0 Å². The number of fused-ring (bicyclic) bond motifs is 6. The van der Waals surface area contributed by atoms with Crippen LogP contribution in [-0.2, 0) is 9.53 Å². The van der Waals surface area contributed by atoms with Gasteiger partial charge in [0.1, 0.15) is 10.5 Å². The van der Waals surface area contributed by atoms with Gasteiger partial charge in [0.15, 0.2) is 5.78 Å². The summed E-state index contributed by atoms with van der Waals surface area (Å²) in [7, 11) is 0. The van der Waals surface area contributed by atoms with Crippen molar-refractivity contribution in [2.75, 3.05) is 0 Å². The maximum absolute atomic E-state index is 12.3. The van der Waals surface area contributed by atoms with Gasteiger partial charge in [0.25, 0.3) is 0 Å². The minimum Gasteiger partial charge on any atom is -0.358 e. The minimum atomic E-state index is -0.817. The first-order valence-corrected chi connectivity index (χ1v) is 5.93. The molecule has 2 aliphatic heterocycles. The molecule has 0 aromatic rings. The SMILES string of the molecule is CC12C=CC(C)(O1)C1(Cl)CCCC2C1=O. The minimum absolute atomic E-state index is 0.0458. The molecule has 0 aromatic heterocycles. The third-order valence-corrected chi connectivity index (χ3v) is 5.11. The van der Waals surface area contributed by atoms with Gasteiger partial charge in [-0.1, -0.05) is 18.6 Å². The van der Waals surface area contributed by atoms with E-state index in [9.17, 15) is 4.79 Å². The normalized spacial score (nSPS) is 57.3. The smallest absolute Gasteiger partial charge is 0.163 e. The van der Waals surface area contributed by atoms with Gasteiger partial charge in [0.2, 0.25) is 0 Å². The first-order valence-electron chi connectivity index (χ1n) is 5.55. The maximum Gasteiger partial charge on any atom is 0.163 e. The molecule has 15 heavy (non-hydrogen) atoms. The van der Waals surface area contributed by atoms with Gasteiger partial charge in [-0.15, -0.1) is 11.6 Å². The average Bonchev–Trinajstić information content (AvgIpc) is 2.48. The maximum atomic E-state index is 12.3. The Bertz CT molecular complexity index is 378. The Morgan fingerprint density at radius 1 is 1.47 bits per heavy atom. The van der Waals surface area contributed by atoms with Crippen molar-refractivity contribution in [3.8, 4) is 0 Å². The van der Waals surface area contributed by atoms with E-state index in [1.165, 1.54) is 0 Å². The zero-order valence-electron chi connectivity index (χ0n) is 9.05. The van der Waals surface area contributed by atoms with Gasteiger partial charge < -0.3 is 4.74 Å². The molecule has 0 radical (unpaired) electrons. The standard InChI is InChI=1S/C12H15ClO2/c1-10-6-7-11(2,15-10)12(13)5-3-4-8(10)9(12)14/h6-8H,3-5H2,1-2H3. The highest BCUT2D eigenvalue weighted by atomic mass is 35.5. The van der Waals surface area contributed by atoms with Crippen molar-refractivity contribution >= 4 is 17.4 Å². The molecule has 3 rings (SSSR count). The molecule has 0 aromatic carbocycles. The van der Waals surface area contributed by atoms with Crippen LogP contribution in [0.25, 0.3) is 0 Å². The first-order chi connectivity index (χ1) is 6.91. The Labute approximate surface area is 94.6 Å². The van der Waals surface area contributed by atoms with Gasteiger partial charge in [-0.05, 0) is 26.7 Å². The predicted molar refractivity (Wildman–Crippen MR) is 58.0 cm³/mol. The van der Waals surface area contributed by atoms with Crippen LogP contribution in [0.1, 0.15) is 33.1 Å². The summed E-state index contributed by atoms with van der Waals surface area (Å²) in [5.41, 5.74) is -1.01. The Balaban J connectivity index is 2.19. The molecule has 0 N–H and O–H groups in total. The summed E-state index contributed by atoms with van der Waals surface area (Å²) in [6.45, 7) is 3.93. The van der Waals surface area contributed by atoms with Crippen molar-refractivity contribution in [3.05, 3.63) is 12.2 Å². The molecular formula is C12H15ClO2. The van der Waals surface area contributed by atoms with Gasteiger partial charge in [-0.2, -0.15) is 0 Å². The van der Waals surface area contributed by atoms with E-state index in [1.807, 2.05) is 26.0 Å². The van der Waals surface area contributed by atoms with Crippen molar-refractivity contribution < 1.29 is 9.53 Å². The third kappa shape index (κ3) is 0.931. The van der Waals surface area contributed by atoms with Crippen molar-refractivity contribution in [1.82, 2.24) is 0 Å². The quantitative estimate of drug-likeness (QED) is 0.469. The van der Waals surface area contributed by atoms with Gasteiger partial charge in [-0.25, -0.2) is 0 Å². The molecule has 1 saturated carbocycles. The molecule has 2 heterocycles. The van der Waals surface area contributed by atoms with Gasteiger partial charge in [0, 0.05) is 0 Å². The number of carbonyl (C=O) groups is 1. The van der Waals surface area contributed by atoms with E-state index in [2.05, 4.69) is 0 Å². The number of hydrogen-bond donors (Lipinski definition) is 0. The summed E-state index contributed by atoms with van der Waals surface area (Å²) >= 11 is 6.53. The third-order valence-electron chi connectivity index (χ3n) is 4.36. The van der Waals surface area contributed by atoms with Crippen LogP contribution in [0.2, 0.25) is 0 Å². The molecule has 82 valence electrons. The highest BCUT2D eigenvalue weighted by molar-refractivity contribution is 6.37. The van der Waals surface area contributed by atoms with E-state index in [0.717, 1.165) is 19.3 Å². The second-order valence-electron chi connectivity index (χ2n) is 5.34. The molecule has 1 aliphatic carbocycles. The van der Waals surface area contributed by atoms with E-state index in [4.69, 9.17) is 16.3 Å². The summed E-state index contributed by atoms with van der Waals surface area (Å²) in [5, 5.41) is 0. The lowest BCUT2D eigenvalue weighted by molar-refractivity contribution is -0.182. The lowest BCUT2D eigenvalue weighted by Gasteiger charge is -2.53. The second kappa shape index (κ2) is 2.49. The number of carbonyl (C=O) groups excluding carboxylic acids is 1. The second-order valence-corrected chi connectivity index (χ2v) is 5.98. The topological polar surface area (TPSA) is 26.3 Å². The fourth-order valence-electron chi connectivity index (χ4n) is 3.37. The molecule has 3 heteroatoms. The summed E-state index contributed by atoms with van der Waals surface area (Å²) in [6, 6.07) is 0. The van der Waals surface area contributed by atoms with Crippen molar-refractivity contribution in [2.24, 2.45) is 5.92 Å². The number of halogens is 1. The van der Waals surface area contributed by atoms with Crippen LogP contribution >= 0.6 is 11.6 Å². The van der Waals surface area contributed by atoms with Gasteiger partial charge in [0.05, 0.1) is 11.5 Å². The van der Waals surface area contributed by atoms with Gasteiger partial charge in [-0.3, -0.25) is 4.79 Å². The Hall–Kier alpha value is -0.340. The van der Waals surface area contributed by atoms with Crippen LogP contribution in [0, 0.1) is 5.92 Å². The van der Waals surface area contributed by atoms with E-state index < -0.39 is 16.1 Å². The number of hydrogen-bond acceptors (Lipinski definition) is 2. The van der Waals surface area contributed by atoms with Crippen LogP contribution in [0.3, 0.4) is 0 Å². The van der Waals surface area contributed by atoms with Crippen LogP contribution in [0.5, 0.6) is 0 Å². The highest BCUT2D eigenvalue weighted by Crippen LogP contribution is 2.57. The predicted octanol–water partition coefficient (Wildman–Crippen LogP) is 2.45. The summed E-state index contributed by atoms with van der Waals surface area (Å²) in [6.07, 6.45) is 6.69. The zero-order chi connectivity index (χ0) is 10.9. The molecule has 0 amide bonds. The number of ketones is 1. The number of ether oxygens (including phenoxy) is 1. The monoisotopic (exact) mass is 226 g/mol. The van der Waals surface area contributed by atoms with E-state index >= 15 is 0 Å². The average molecular weight is 227 g/mol. The highest BCUT2D eigenvalue weighted by Gasteiger charge is 2.67. The lowest BCUT2D eigenvalue weighted by atomic mass is 9.66. The fraction of sp³-hybridized carbons (Fsp3) is 0.750. The zero-order valence-corrected chi connectivity index (χ0v) is 9.80. The molecule has 2 nitrogen and oxygen atoms in total. The van der Waals surface area contributed by atoms with Crippen LogP contribution in [0.4, 0.5) is 0 Å². The Kier molecular flexibility index (Phi) is 1.64. The lowest BCUT2D eigenvalue weighted by Crippen LogP contribution is -2.66. The van der Waals surface area contributed by atoms with Crippen molar-refractivity contribution in [3.63, 3.8) is 0 Å². The first kappa shape index (κ1) is 9.86.